The molecule has 0 unspecified atom stereocenters. The van der Waals surface area contributed by atoms with Crippen LogP contribution in [-0.4, -0.2) is 50.7 Å². The molecule has 0 aromatic heterocycles. The third-order valence-corrected chi connectivity index (χ3v) is 4.22. The van der Waals surface area contributed by atoms with Gasteiger partial charge in [0.25, 0.3) is 5.91 Å². The number of carbonyl (C=O) groups is 2. The van der Waals surface area contributed by atoms with Gasteiger partial charge in [-0.3, -0.25) is 9.59 Å². The summed E-state index contributed by atoms with van der Waals surface area (Å²) in [4.78, 5) is 25.6. The monoisotopic (exact) mass is 412 g/mol. The zero-order valence-corrected chi connectivity index (χ0v) is 16.3. The summed E-state index contributed by atoms with van der Waals surface area (Å²) >= 11 is 3.38. The smallest absolute Gasteiger partial charge is 0.311 e. The zero-order chi connectivity index (χ0) is 19.0. The van der Waals surface area contributed by atoms with Crippen molar-refractivity contribution in [3.63, 3.8) is 0 Å². The van der Waals surface area contributed by atoms with Crippen molar-refractivity contribution < 1.29 is 23.8 Å². The lowest BCUT2D eigenvalue weighted by Gasteiger charge is -2.20. The number of rotatable bonds is 8. The lowest BCUT2D eigenvalue weighted by Crippen LogP contribution is -2.38. The Balaban J connectivity index is 2.73. The molecule has 1 atom stereocenters. The average molecular weight is 413 g/mol. The molecule has 0 bridgehead atoms. The minimum Gasteiger partial charge on any atom is -0.493 e. The van der Waals surface area contributed by atoms with Crippen LogP contribution >= 0.6 is 15.9 Å². The highest BCUT2D eigenvalue weighted by Gasteiger charge is 2.22. The largest absolute Gasteiger partial charge is 0.493 e. The van der Waals surface area contributed by atoms with Gasteiger partial charge in [-0.15, -0.1) is 0 Å². The Bertz CT molecular complexity index is 672. The number of esters is 1. The Morgan fingerprint density at radius 2 is 1.88 bits per heavy atom. The van der Waals surface area contributed by atoms with Gasteiger partial charge in [-0.2, -0.15) is 5.26 Å². The number of methoxy groups -OCH3 is 2. The standard InChI is InChI=1S/C17H21BrN2O5/c1-11(17(22)20(2)7-5-6-19)25-16(21)9-12-8-14(23-3)15(24-4)10-13(12)18/h8,10-11H,5,7,9H2,1-4H3/t11-/m1/s1. The van der Waals surface area contributed by atoms with Crippen molar-refractivity contribution >= 4 is 27.8 Å². The molecule has 0 radical (unpaired) electrons. The SMILES string of the molecule is COc1cc(Br)c(CC(=O)O[C@H](C)C(=O)N(C)CCC#N)cc1OC. The minimum atomic E-state index is -0.921. The number of halogens is 1. The molecule has 7 nitrogen and oxygen atoms in total. The molecule has 0 saturated carbocycles. The van der Waals surface area contributed by atoms with Gasteiger partial charge < -0.3 is 19.1 Å². The van der Waals surface area contributed by atoms with Crippen LogP contribution in [0, 0.1) is 11.3 Å². The summed E-state index contributed by atoms with van der Waals surface area (Å²) < 4.78 is 16.3. The summed E-state index contributed by atoms with van der Waals surface area (Å²) in [5.74, 6) is 0.139. The molecule has 0 N–H and O–H groups in total. The molecule has 0 saturated heterocycles. The van der Waals surface area contributed by atoms with Gasteiger partial charge in [0.15, 0.2) is 17.6 Å². The van der Waals surface area contributed by atoms with E-state index in [0.717, 1.165) is 0 Å². The van der Waals surface area contributed by atoms with Gasteiger partial charge in [0.2, 0.25) is 0 Å². The Kier molecular flexibility index (Phi) is 8.22. The van der Waals surface area contributed by atoms with Crippen molar-refractivity contribution in [1.82, 2.24) is 4.90 Å². The third kappa shape index (κ3) is 5.94. The van der Waals surface area contributed by atoms with Crippen molar-refractivity contribution in [3.05, 3.63) is 22.2 Å². The van der Waals surface area contributed by atoms with Crippen molar-refractivity contribution in [3.8, 4) is 17.6 Å². The second-order valence-corrected chi connectivity index (χ2v) is 6.13. The fourth-order valence-corrected chi connectivity index (χ4v) is 2.58. The highest BCUT2D eigenvalue weighted by atomic mass is 79.9. The number of benzene rings is 1. The molecule has 0 spiro atoms. The Labute approximate surface area is 155 Å². The molecule has 1 amide bonds. The zero-order valence-electron chi connectivity index (χ0n) is 14.7. The molecule has 1 aromatic carbocycles. The first kappa shape index (κ1) is 20.8. The summed E-state index contributed by atoms with van der Waals surface area (Å²) in [6, 6.07) is 5.34. The number of amides is 1. The molecule has 0 aliphatic heterocycles. The molecule has 0 heterocycles. The van der Waals surface area contributed by atoms with Gasteiger partial charge in [0.1, 0.15) is 0 Å². The molecule has 8 heteroatoms. The van der Waals surface area contributed by atoms with E-state index in [1.165, 1.54) is 26.0 Å². The molecular formula is C17H21BrN2O5. The van der Waals surface area contributed by atoms with E-state index in [0.29, 0.717) is 28.1 Å². The fraction of sp³-hybridized carbons (Fsp3) is 0.471. The Morgan fingerprint density at radius 3 is 2.44 bits per heavy atom. The summed E-state index contributed by atoms with van der Waals surface area (Å²) in [6.45, 7) is 1.80. The van der Waals surface area contributed by atoms with Gasteiger partial charge in [-0.1, -0.05) is 15.9 Å². The summed E-state index contributed by atoms with van der Waals surface area (Å²) in [5.41, 5.74) is 0.653. The lowest BCUT2D eigenvalue weighted by atomic mass is 10.1. The highest BCUT2D eigenvalue weighted by Crippen LogP contribution is 2.33. The first-order valence-corrected chi connectivity index (χ1v) is 8.35. The van der Waals surface area contributed by atoms with E-state index in [9.17, 15) is 9.59 Å². The number of nitrogens with zero attached hydrogens (tertiary/aromatic N) is 2. The first-order valence-electron chi connectivity index (χ1n) is 7.55. The summed E-state index contributed by atoms with van der Waals surface area (Å²) in [6.07, 6.45) is -0.725. The van der Waals surface area contributed by atoms with E-state index in [2.05, 4.69) is 15.9 Å². The Hall–Kier alpha value is -2.27. The van der Waals surface area contributed by atoms with E-state index < -0.39 is 12.1 Å². The maximum atomic E-state index is 12.1. The predicted octanol–water partition coefficient (Wildman–Crippen LogP) is 2.31. The summed E-state index contributed by atoms with van der Waals surface area (Å²) in [5, 5.41) is 8.55. The number of likely N-dealkylation sites (N-methyl/N-ethyl adjacent to an activating group) is 1. The van der Waals surface area contributed by atoms with Crippen LogP contribution in [0.1, 0.15) is 18.9 Å². The van der Waals surface area contributed by atoms with Gasteiger partial charge in [0, 0.05) is 18.1 Å². The molecule has 0 aliphatic rings. The van der Waals surface area contributed by atoms with E-state index in [1.807, 2.05) is 6.07 Å². The van der Waals surface area contributed by atoms with Gasteiger partial charge in [-0.05, 0) is 24.6 Å². The van der Waals surface area contributed by atoms with Gasteiger partial charge >= 0.3 is 5.97 Å². The van der Waals surface area contributed by atoms with Gasteiger partial charge in [0.05, 0.1) is 33.1 Å². The van der Waals surface area contributed by atoms with Crippen molar-refractivity contribution in [2.45, 2.75) is 25.9 Å². The van der Waals surface area contributed by atoms with E-state index >= 15 is 0 Å². The number of ether oxygens (including phenoxy) is 3. The van der Waals surface area contributed by atoms with E-state index in [4.69, 9.17) is 19.5 Å². The highest BCUT2D eigenvalue weighted by molar-refractivity contribution is 9.10. The van der Waals surface area contributed by atoms with Crippen LogP contribution in [0.3, 0.4) is 0 Å². The van der Waals surface area contributed by atoms with Crippen LogP contribution in [0.5, 0.6) is 11.5 Å². The van der Waals surface area contributed by atoms with Crippen molar-refractivity contribution in [2.24, 2.45) is 0 Å². The molecule has 25 heavy (non-hydrogen) atoms. The molecule has 0 aliphatic carbocycles. The van der Waals surface area contributed by atoms with Crippen molar-refractivity contribution in [1.29, 1.82) is 5.26 Å². The van der Waals surface area contributed by atoms with Crippen molar-refractivity contribution in [2.75, 3.05) is 27.8 Å². The second kappa shape index (κ2) is 9.89. The van der Waals surface area contributed by atoms with Crippen LogP contribution in [-0.2, 0) is 20.7 Å². The van der Waals surface area contributed by atoms with Crippen LogP contribution in [0.2, 0.25) is 0 Å². The topological polar surface area (TPSA) is 88.9 Å². The maximum absolute atomic E-state index is 12.1. The second-order valence-electron chi connectivity index (χ2n) is 5.28. The minimum absolute atomic E-state index is 0.0273. The van der Waals surface area contributed by atoms with E-state index in [-0.39, 0.29) is 18.7 Å². The summed E-state index contributed by atoms with van der Waals surface area (Å²) in [7, 11) is 4.59. The van der Waals surface area contributed by atoms with Gasteiger partial charge in [-0.25, -0.2) is 0 Å². The average Bonchev–Trinajstić information content (AvgIpc) is 2.59. The number of hydrogen-bond donors (Lipinski definition) is 0. The van der Waals surface area contributed by atoms with Crippen LogP contribution in [0.25, 0.3) is 0 Å². The lowest BCUT2D eigenvalue weighted by molar-refractivity contribution is -0.157. The number of hydrogen-bond acceptors (Lipinski definition) is 6. The van der Waals surface area contributed by atoms with E-state index in [1.54, 1.807) is 19.2 Å². The first-order chi connectivity index (χ1) is 11.8. The quantitative estimate of drug-likeness (QED) is 0.608. The maximum Gasteiger partial charge on any atom is 0.311 e. The molecular weight excluding hydrogens is 392 g/mol. The Morgan fingerprint density at radius 1 is 1.28 bits per heavy atom. The van der Waals surface area contributed by atoms with Crippen LogP contribution < -0.4 is 9.47 Å². The molecule has 1 rings (SSSR count). The predicted molar refractivity (Wildman–Crippen MR) is 94.4 cm³/mol. The van der Waals surface area contributed by atoms with Crippen LogP contribution in [0.4, 0.5) is 0 Å². The molecule has 136 valence electrons. The molecule has 0 fully saturated rings. The van der Waals surface area contributed by atoms with Crippen LogP contribution in [0.15, 0.2) is 16.6 Å². The number of carbonyl (C=O) groups excluding carboxylic acids is 2. The third-order valence-electron chi connectivity index (χ3n) is 3.48. The fourth-order valence-electron chi connectivity index (χ4n) is 2.11. The normalized spacial score (nSPS) is 11.2. The number of nitriles is 1. The molecule has 1 aromatic rings.